The van der Waals surface area contributed by atoms with E-state index in [0.717, 1.165) is 0 Å². The van der Waals surface area contributed by atoms with E-state index in [1.165, 1.54) is 26.7 Å². The van der Waals surface area contributed by atoms with Gasteiger partial charge in [0.1, 0.15) is 0 Å². The zero-order valence-electron chi connectivity index (χ0n) is 12.6. The standard InChI is InChI=1S/C17H21NS3/c1-11-10-16(15-8-9-20-17(15)21-11)18-12(2)13-4-6-14(19-3)7-5-13/h4-9,11-12,16,18H,10H2,1-3H3/t11-,12?,16?/m0/s1. The van der Waals surface area contributed by atoms with Crippen LogP contribution in [0.5, 0.6) is 0 Å². The van der Waals surface area contributed by atoms with Gasteiger partial charge in [0.2, 0.25) is 0 Å². The minimum atomic E-state index is 0.383. The lowest BCUT2D eigenvalue weighted by Crippen LogP contribution is -2.28. The van der Waals surface area contributed by atoms with Gasteiger partial charge in [-0.25, -0.2) is 0 Å². The molecule has 0 radical (unpaired) electrons. The molecule has 1 N–H and O–H groups in total. The van der Waals surface area contributed by atoms with Gasteiger partial charge < -0.3 is 5.32 Å². The molecule has 1 aromatic carbocycles. The fourth-order valence-corrected chi connectivity index (χ4v) is 5.77. The van der Waals surface area contributed by atoms with E-state index in [2.05, 4.69) is 61.1 Å². The second kappa shape index (κ2) is 6.78. The summed E-state index contributed by atoms with van der Waals surface area (Å²) in [4.78, 5) is 1.33. The lowest BCUT2D eigenvalue weighted by molar-refractivity contribution is 0.435. The van der Waals surface area contributed by atoms with E-state index >= 15 is 0 Å². The van der Waals surface area contributed by atoms with Crippen molar-refractivity contribution in [1.29, 1.82) is 0 Å². The number of thiophene rings is 1. The van der Waals surface area contributed by atoms with Gasteiger partial charge in [0, 0.05) is 22.2 Å². The van der Waals surface area contributed by atoms with Crippen LogP contribution in [0.1, 0.15) is 43.5 Å². The minimum Gasteiger partial charge on any atom is -0.303 e. The molecule has 0 saturated carbocycles. The third kappa shape index (κ3) is 3.50. The zero-order chi connectivity index (χ0) is 14.8. The quantitative estimate of drug-likeness (QED) is 0.715. The van der Waals surface area contributed by atoms with E-state index in [1.807, 2.05) is 23.1 Å². The summed E-state index contributed by atoms with van der Waals surface area (Å²) in [6, 6.07) is 12.1. The molecule has 1 aliphatic rings. The largest absolute Gasteiger partial charge is 0.303 e. The Morgan fingerprint density at radius 2 is 2.00 bits per heavy atom. The highest BCUT2D eigenvalue weighted by Crippen LogP contribution is 2.44. The van der Waals surface area contributed by atoms with Gasteiger partial charge >= 0.3 is 0 Å². The lowest BCUT2D eigenvalue weighted by atomic mass is 10.0. The Labute approximate surface area is 139 Å². The maximum absolute atomic E-state index is 3.83. The summed E-state index contributed by atoms with van der Waals surface area (Å²) in [5.74, 6) is 0. The van der Waals surface area contributed by atoms with E-state index in [0.29, 0.717) is 17.3 Å². The molecule has 4 heteroatoms. The van der Waals surface area contributed by atoms with Gasteiger partial charge in [-0.1, -0.05) is 19.1 Å². The fraction of sp³-hybridized carbons (Fsp3) is 0.412. The summed E-state index contributed by atoms with van der Waals surface area (Å²) in [5, 5.41) is 6.75. The van der Waals surface area contributed by atoms with Crippen molar-refractivity contribution in [1.82, 2.24) is 5.32 Å². The number of fused-ring (bicyclic) bond motifs is 1. The Hall–Kier alpha value is -0.420. The Kier molecular flexibility index (Phi) is 4.99. The topological polar surface area (TPSA) is 12.0 Å². The Morgan fingerprint density at radius 1 is 1.24 bits per heavy atom. The molecule has 0 saturated heterocycles. The molecule has 2 aromatic rings. The van der Waals surface area contributed by atoms with Crippen molar-refractivity contribution in [2.45, 2.75) is 46.7 Å². The molecule has 1 aliphatic heterocycles. The first-order valence-corrected chi connectivity index (χ1v) is 10.3. The van der Waals surface area contributed by atoms with Gasteiger partial charge in [-0.2, -0.15) is 0 Å². The Morgan fingerprint density at radius 3 is 2.71 bits per heavy atom. The predicted molar refractivity (Wildman–Crippen MR) is 96.8 cm³/mol. The molecular formula is C17H21NS3. The number of thioether (sulfide) groups is 2. The minimum absolute atomic E-state index is 0.383. The molecule has 21 heavy (non-hydrogen) atoms. The molecule has 3 atom stereocenters. The molecule has 0 fully saturated rings. The van der Waals surface area contributed by atoms with Crippen LogP contribution in [0, 0.1) is 0 Å². The maximum atomic E-state index is 3.83. The molecule has 1 aromatic heterocycles. The van der Waals surface area contributed by atoms with Crippen molar-refractivity contribution in [2.24, 2.45) is 0 Å². The molecule has 0 aliphatic carbocycles. The molecular weight excluding hydrogens is 314 g/mol. The zero-order valence-corrected chi connectivity index (χ0v) is 15.1. The highest BCUT2D eigenvalue weighted by Gasteiger charge is 2.27. The van der Waals surface area contributed by atoms with Gasteiger partial charge in [-0.3, -0.25) is 0 Å². The summed E-state index contributed by atoms with van der Waals surface area (Å²) in [5.41, 5.74) is 2.87. The van der Waals surface area contributed by atoms with Gasteiger partial charge in [0.25, 0.3) is 0 Å². The average molecular weight is 336 g/mol. The summed E-state index contributed by atoms with van der Waals surface area (Å²) in [6.07, 6.45) is 3.33. The molecule has 1 nitrogen and oxygen atoms in total. The smallest absolute Gasteiger partial charge is 0.0649 e. The second-order valence-corrected chi connectivity index (χ2v) is 9.04. The van der Waals surface area contributed by atoms with Crippen LogP contribution in [-0.2, 0) is 0 Å². The summed E-state index contributed by atoms with van der Waals surface area (Å²) in [6.45, 7) is 4.60. The van der Waals surface area contributed by atoms with Gasteiger partial charge in [-0.05, 0) is 54.3 Å². The average Bonchev–Trinajstić information content (AvgIpc) is 2.95. The summed E-state index contributed by atoms with van der Waals surface area (Å²) >= 11 is 5.70. The maximum Gasteiger partial charge on any atom is 0.0649 e. The van der Waals surface area contributed by atoms with Crippen LogP contribution in [0.3, 0.4) is 0 Å². The molecule has 112 valence electrons. The summed E-state index contributed by atoms with van der Waals surface area (Å²) in [7, 11) is 0. The molecule has 2 unspecified atom stereocenters. The van der Waals surface area contributed by atoms with Crippen molar-refractivity contribution in [3.8, 4) is 0 Å². The molecule has 2 heterocycles. The molecule has 0 spiro atoms. The second-order valence-electron chi connectivity index (χ2n) is 5.54. The number of nitrogens with one attached hydrogen (secondary N) is 1. The lowest BCUT2D eigenvalue weighted by Gasteiger charge is -2.30. The van der Waals surface area contributed by atoms with Crippen molar-refractivity contribution < 1.29 is 0 Å². The highest BCUT2D eigenvalue weighted by molar-refractivity contribution is 8.01. The van der Waals surface area contributed by atoms with Crippen LogP contribution in [-0.4, -0.2) is 11.5 Å². The number of benzene rings is 1. The van der Waals surface area contributed by atoms with Crippen LogP contribution in [0.25, 0.3) is 0 Å². The molecule has 0 amide bonds. The third-order valence-electron chi connectivity index (χ3n) is 3.98. The fourth-order valence-electron chi connectivity index (χ4n) is 2.80. The van der Waals surface area contributed by atoms with Crippen molar-refractivity contribution >= 4 is 34.9 Å². The summed E-state index contributed by atoms with van der Waals surface area (Å²) < 4.78 is 1.50. The van der Waals surface area contributed by atoms with Crippen molar-refractivity contribution in [3.63, 3.8) is 0 Å². The van der Waals surface area contributed by atoms with Gasteiger partial charge in [0.15, 0.2) is 0 Å². The van der Waals surface area contributed by atoms with E-state index in [1.54, 1.807) is 11.8 Å². The van der Waals surface area contributed by atoms with Crippen LogP contribution < -0.4 is 5.32 Å². The van der Waals surface area contributed by atoms with Crippen LogP contribution in [0.15, 0.2) is 44.8 Å². The van der Waals surface area contributed by atoms with Gasteiger partial charge in [0.05, 0.1) is 4.21 Å². The SMILES string of the molecule is CSc1ccc(C(C)NC2C[C@H](C)Sc3sccc32)cc1. The number of hydrogen-bond donors (Lipinski definition) is 1. The highest BCUT2D eigenvalue weighted by atomic mass is 32.2. The molecule has 0 bridgehead atoms. The van der Waals surface area contributed by atoms with Crippen LogP contribution >= 0.6 is 34.9 Å². The van der Waals surface area contributed by atoms with E-state index in [4.69, 9.17) is 0 Å². The van der Waals surface area contributed by atoms with Gasteiger partial charge in [-0.15, -0.1) is 34.9 Å². The van der Waals surface area contributed by atoms with Crippen molar-refractivity contribution in [3.05, 3.63) is 46.8 Å². The van der Waals surface area contributed by atoms with E-state index < -0.39 is 0 Å². The van der Waals surface area contributed by atoms with Crippen molar-refractivity contribution in [2.75, 3.05) is 6.26 Å². The predicted octanol–water partition coefficient (Wildman–Crippen LogP) is 5.75. The first-order chi connectivity index (χ1) is 10.2. The first kappa shape index (κ1) is 15.5. The number of hydrogen-bond acceptors (Lipinski definition) is 4. The third-order valence-corrected chi connectivity index (χ3v) is 7.06. The first-order valence-electron chi connectivity index (χ1n) is 7.31. The normalized spacial score (nSPS) is 22.8. The monoisotopic (exact) mass is 335 g/mol. The van der Waals surface area contributed by atoms with Crippen LogP contribution in [0.4, 0.5) is 0 Å². The molecule has 3 rings (SSSR count). The van der Waals surface area contributed by atoms with E-state index in [-0.39, 0.29) is 0 Å². The Bertz CT molecular complexity index is 590. The Balaban J connectivity index is 1.74. The van der Waals surface area contributed by atoms with Crippen LogP contribution in [0.2, 0.25) is 0 Å². The van der Waals surface area contributed by atoms with E-state index in [9.17, 15) is 0 Å². The number of rotatable bonds is 4.